The van der Waals surface area contributed by atoms with Gasteiger partial charge in [0, 0.05) is 55.7 Å². The fourth-order valence-corrected chi connectivity index (χ4v) is 4.49. The molecule has 0 saturated carbocycles. The first kappa shape index (κ1) is 29.5. The molecule has 3 aromatic rings. The Balaban J connectivity index is 1.67. The number of benzene rings is 1. The predicted molar refractivity (Wildman–Crippen MR) is 154 cm³/mol. The number of nitrogens with zero attached hydrogens (tertiary/aromatic N) is 6. The number of pyridine rings is 1. The van der Waals surface area contributed by atoms with Gasteiger partial charge in [-0.05, 0) is 51.7 Å². The van der Waals surface area contributed by atoms with Gasteiger partial charge in [-0.2, -0.15) is 5.26 Å². The first-order valence-corrected chi connectivity index (χ1v) is 13.5. The third-order valence-electron chi connectivity index (χ3n) is 6.16. The molecule has 2 aromatic heterocycles. The van der Waals surface area contributed by atoms with Gasteiger partial charge in [0.05, 0.1) is 11.4 Å². The van der Waals surface area contributed by atoms with E-state index in [0.717, 1.165) is 11.4 Å². The minimum atomic E-state index is -0.170. The average molecular weight is 547 g/mol. The van der Waals surface area contributed by atoms with Crippen molar-refractivity contribution in [3.8, 4) is 17.3 Å². The van der Waals surface area contributed by atoms with Crippen LogP contribution in [0.4, 0.5) is 11.5 Å². The van der Waals surface area contributed by atoms with Gasteiger partial charge in [0.1, 0.15) is 17.5 Å². The van der Waals surface area contributed by atoms with Crippen LogP contribution in [0.15, 0.2) is 47.6 Å². The second kappa shape index (κ2) is 13.7. The van der Waals surface area contributed by atoms with Crippen molar-refractivity contribution in [2.45, 2.75) is 43.6 Å². The molecule has 1 unspecified atom stereocenters. The van der Waals surface area contributed by atoms with Crippen molar-refractivity contribution in [1.29, 1.82) is 5.26 Å². The van der Waals surface area contributed by atoms with Crippen molar-refractivity contribution in [3.05, 3.63) is 59.4 Å². The smallest absolute Gasteiger partial charge is 0.222 e. The number of carbonyl (C=O) groups excluding carboxylic acids is 2. The lowest BCUT2D eigenvalue weighted by molar-refractivity contribution is -0.130. The standard InChI is InChI=1S/C28H34N8O2S/c1-18(35(3)4)16-36(5)25(38)14-13-21-7-6-8-23(32-21)17-39-28-33-26(24(15-29)27(30)34-28)20-9-11-22(12-10-20)31-19(2)37/h6-12,18H,13-14,16-17H2,1-5H3,(H,31,37)(H2,30,33,34). The molecule has 0 spiro atoms. The fraction of sp³-hybridized carbons (Fsp3) is 0.357. The summed E-state index contributed by atoms with van der Waals surface area (Å²) in [6.07, 6.45) is 0.941. The molecule has 0 bridgehead atoms. The minimum absolute atomic E-state index is 0.0874. The van der Waals surface area contributed by atoms with Crippen LogP contribution in [0.1, 0.15) is 37.2 Å². The number of amides is 2. The van der Waals surface area contributed by atoms with Crippen molar-refractivity contribution < 1.29 is 9.59 Å². The SMILES string of the molecule is CC(=O)Nc1ccc(-c2nc(SCc3cccc(CCC(=O)N(C)CC(C)N(C)C)n3)nc(N)c2C#N)cc1. The molecular formula is C28H34N8O2S. The molecule has 0 aliphatic heterocycles. The summed E-state index contributed by atoms with van der Waals surface area (Å²) in [6, 6.07) is 15.2. The Morgan fingerprint density at radius 3 is 2.41 bits per heavy atom. The van der Waals surface area contributed by atoms with Gasteiger partial charge in [-0.1, -0.05) is 30.0 Å². The lowest BCUT2D eigenvalue weighted by Crippen LogP contribution is -2.39. The zero-order valence-corrected chi connectivity index (χ0v) is 23.7. The van der Waals surface area contributed by atoms with Gasteiger partial charge in [0.15, 0.2) is 5.16 Å². The zero-order valence-electron chi connectivity index (χ0n) is 22.9. The van der Waals surface area contributed by atoms with Crippen molar-refractivity contribution in [2.75, 3.05) is 38.7 Å². The molecule has 204 valence electrons. The quantitative estimate of drug-likeness (QED) is 0.273. The van der Waals surface area contributed by atoms with E-state index in [4.69, 9.17) is 10.7 Å². The van der Waals surface area contributed by atoms with Gasteiger partial charge >= 0.3 is 0 Å². The van der Waals surface area contributed by atoms with Crippen LogP contribution in [0.3, 0.4) is 0 Å². The van der Waals surface area contributed by atoms with Gasteiger partial charge in [0.25, 0.3) is 0 Å². The number of anilines is 2. The van der Waals surface area contributed by atoms with E-state index in [0.29, 0.717) is 47.2 Å². The third kappa shape index (κ3) is 8.49. The Morgan fingerprint density at radius 2 is 1.77 bits per heavy atom. The Kier molecular flexibility index (Phi) is 10.4. The van der Waals surface area contributed by atoms with Crippen LogP contribution >= 0.6 is 11.8 Å². The zero-order chi connectivity index (χ0) is 28.5. The number of nitrogen functional groups attached to an aromatic ring is 1. The highest BCUT2D eigenvalue weighted by molar-refractivity contribution is 7.98. The topological polar surface area (TPSA) is 141 Å². The molecule has 1 aromatic carbocycles. The number of nitrogens with one attached hydrogen (secondary N) is 1. The largest absolute Gasteiger partial charge is 0.382 e. The minimum Gasteiger partial charge on any atom is -0.382 e. The lowest BCUT2D eigenvalue weighted by atomic mass is 10.1. The van der Waals surface area contributed by atoms with E-state index in [2.05, 4.69) is 33.2 Å². The van der Waals surface area contributed by atoms with E-state index in [9.17, 15) is 14.9 Å². The van der Waals surface area contributed by atoms with Crippen LogP contribution in [-0.2, 0) is 21.8 Å². The van der Waals surface area contributed by atoms with Crippen LogP contribution in [0.5, 0.6) is 0 Å². The molecule has 11 heteroatoms. The lowest BCUT2D eigenvalue weighted by Gasteiger charge is -2.26. The average Bonchev–Trinajstić information content (AvgIpc) is 2.90. The fourth-order valence-electron chi connectivity index (χ4n) is 3.73. The summed E-state index contributed by atoms with van der Waals surface area (Å²) in [6.45, 7) is 4.20. The van der Waals surface area contributed by atoms with Crippen LogP contribution in [0.25, 0.3) is 11.3 Å². The van der Waals surface area contributed by atoms with Crippen molar-refractivity contribution in [3.63, 3.8) is 0 Å². The predicted octanol–water partition coefficient (Wildman–Crippen LogP) is 3.58. The van der Waals surface area contributed by atoms with Crippen LogP contribution < -0.4 is 11.1 Å². The molecule has 10 nitrogen and oxygen atoms in total. The molecule has 0 aliphatic carbocycles. The first-order valence-electron chi connectivity index (χ1n) is 12.5. The van der Waals surface area contributed by atoms with Crippen molar-refractivity contribution in [2.24, 2.45) is 0 Å². The van der Waals surface area contributed by atoms with E-state index >= 15 is 0 Å². The van der Waals surface area contributed by atoms with E-state index in [1.807, 2.05) is 39.3 Å². The number of likely N-dealkylation sites (N-methyl/N-ethyl adjacent to an activating group) is 2. The van der Waals surface area contributed by atoms with Crippen molar-refractivity contribution in [1.82, 2.24) is 24.8 Å². The number of carbonyl (C=O) groups is 2. The summed E-state index contributed by atoms with van der Waals surface area (Å²) in [4.78, 5) is 41.3. The molecule has 0 fully saturated rings. The van der Waals surface area contributed by atoms with Gasteiger partial charge < -0.3 is 20.9 Å². The Morgan fingerprint density at radius 1 is 1.08 bits per heavy atom. The summed E-state index contributed by atoms with van der Waals surface area (Å²) < 4.78 is 0. The number of aromatic nitrogens is 3. The highest BCUT2D eigenvalue weighted by atomic mass is 32.2. The van der Waals surface area contributed by atoms with Crippen molar-refractivity contribution >= 4 is 35.1 Å². The van der Waals surface area contributed by atoms with Crippen LogP contribution in [-0.4, -0.2) is 70.3 Å². The molecule has 3 rings (SSSR count). The highest BCUT2D eigenvalue weighted by Gasteiger charge is 2.16. The Labute approximate surface area is 233 Å². The van der Waals surface area contributed by atoms with Gasteiger partial charge in [-0.15, -0.1) is 0 Å². The monoisotopic (exact) mass is 546 g/mol. The number of hydrogen-bond acceptors (Lipinski definition) is 9. The first-order chi connectivity index (χ1) is 18.6. The number of nitriles is 1. The second-order valence-corrected chi connectivity index (χ2v) is 10.4. The summed E-state index contributed by atoms with van der Waals surface area (Å²) >= 11 is 1.36. The van der Waals surface area contributed by atoms with E-state index in [1.54, 1.807) is 29.2 Å². The van der Waals surface area contributed by atoms with E-state index in [-0.39, 0.29) is 29.2 Å². The number of hydrogen-bond donors (Lipinski definition) is 2. The third-order valence-corrected chi connectivity index (χ3v) is 7.04. The second-order valence-electron chi connectivity index (χ2n) is 9.48. The molecule has 2 heterocycles. The summed E-state index contributed by atoms with van der Waals surface area (Å²) in [5.41, 5.74) is 9.72. The molecule has 39 heavy (non-hydrogen) atoms. The summed E-state index contributed by atoms with van der Waals surface area (Å²) in [7, 11) is 5.83. The van der Waals surface area contributed by atoms with E-state index in [1.165, 1.54) is 18.7 Å². The summed E-state index contributed by atoms with van der Waals surface area (Å²) in [5, 5.41) is 12.8. The Bertz CT molecular complexity index is 1350. The highest BCUT2D eigenvalue weighted by Crippen LogP contribution is 2.29. The molecule has 2 amide bonds. The van der Waals surface area contributed by atoms with Gasteiger partial charge in [0.2, 0.25) is 11.8 Å². The molecule has 0 radical (unpaired) electrons. The number of rotatable bonds is 11. The summed E-state index contributed by atoms with van der Waals surface area (Å²) in [5.74, 6) is 0.513. The van der Waals surface area contributed by atoms with Crippen LogP contribution in [0, 0.1) is 11.3 Å². The van der Waals surface area contributed by atoms with E-state index < -0.39 is 0 Å². The molecule has 0 aliphatic rings. The number of thioether (sulfide) groups is 1. The normalized spacial score (nSPS) is 11.6. The van der Waals surface area contributed by atoms with Crippen LogP contribution in [0.2, 0.25) is 0 Å². The van der Waals surface area contributed by atoms with Gasteiger partial charge in [-0.25, -0.2) is 9.97 Å². The molecular weight excluding hydrogens is 512 g/mol. The maximum Gasteiger partial charge on any atom is 0.222 e. The van der Waals surface area contributed by atoms with Gasteiger partial charge in [-0.3, -0.25) is 14.6 Å². The Hall–Kier alpha value is -4.01. The molecule has 3 N–H and O–H groups in total. The molecule has 0 saturated heterocycles. The number of nitrogens with two attached hydrogens (primary N) is 1. The molecule has 1 atom stereocenters. The number of aryl methyl sites for hydroxylation is 1. The maximum absolute atomic E-state index is 12.6. The maximum atomic E-state index is 12.6.